The van der Waals surface area contributed by atoms with E-state index in [9.17, 15) is 18.0 Å². The number of piperidine rings is 1. The highest BCUT2D eigenvalue weighted by Gasteiger charge is 2.33. The number of fused-ring (bicyclic) bond motifs is 1. The molecule has 1 aliphatic heterocycles. The number of aryl methyl sites for hydroxylation is 1. The third-order valence-corrected chi connectivity index (χ3v) is 8.45. The van der Waals surface area contributed by atoms with Crippen molar-refractivity contribution in [3.8, 4) is 0 Å². The molecule has 0 spiro atoms. The molecule has 29 heavy (non-hydrogen) atoms. The van der Waals surface area contributed by atoms with Gasteiger partial charge in [-0.1, -0.05) is 6.07 Å². The molecular formula is C22H29NO5S. The molecule has 2 heterocycles. The molecule has 1 amide bonds. The van der Waals surface area contributed by atoms with E-state index in [1.54, 1.807) is 26.8 Å². The summed E-state index contributed by atoms with van der Waals surface area (Å²) in [6, 6.07) is 6.85. The van der Waals surface area contributed by atoms with E-state index in [1.807, 2.05) is 24.0 Å². The number of hydrogen-bond donors (Lipinski definition) is 0. The van der Waals surface area contributed by atoms with Crippen LogP contribution in [0.4, 0.5) is 0 Å². The minimum absolute atomic E-state index is 0.0401. The van der Waals surface area contributed by atoms with Crippen LogP contribution in [0.15, 0.2) is 33.5 Å². The second-order valence-electron chi connectivity index (χ2n) is 8.98. The van der Waals surface area contributed by atoms with Crippen LogP contribution in [0.5, 0.6) is 0 Å². The van der Waals surface area contributed by atoms with Crippen LogP contribution >= 0.6 is 0 Å². The quantitative estimate of drug-likeness (QED) is 0.711. The fraction of sp³-hybridized carbons (Fsp3) is 0.545. The molecule has 7 heteroatoms. The maximum Gasteiger partial charge on any atom is 0.336 e. The Morgan fingerprint density at radius 2 is 1.83 bits per heavy atom. The highest BCUT2D eigenvalue weighted by atomic mass is 32.2. The molecule has 1 aliphatic rings. The molecule has 0 saturated carbocycles. The van der Waals surface area contributed by atoms with Crippen molar-refractivity contribution in [3.63, 3.8) is 0 Å². The van der Waals surface area contributed by atoms with Gasteiger partial charge in [-0.05, 0) is 69.7 Å². The largest absolute Gasteiger partial charge is 0.422 e. The van der Waals surface area contributed by atoms with Crippen molar-refractivity contribution in [1.82, 2.24) is 4.90 Å². The molecule has 1 aromatic carbocycles. The first-order chi connectivity index (χ1) is 13.5. The van der Waals surface area contributed by atoms with Gasteiger partial charge in [-0.15, -0.1) is 0 Å². The van der Waals surface area contributed by atoms with Gasteiger partial charge in [-0.3, -0.25) is 4.79 Å². The molecule has 0 radical (unpaired) electrons. The maximum absolute atomic E-state index is 12.8. The van der Waals surface area contributed by atoms with E-state index in [4.69, 9.17) is 4.42 Å². The highest BCUT2D eigenvalue weighted by molar-refractivity contribution is 7.92. The van der Waals surface area contributed by atoms with Crippen LogP contribution in [0.3, 0.4) is 0 Å². The zero-order chi connectivity index (χ0) is 21.4. The summed E-state index contributed by atoms with van der Waals surface area (Å²) in [7, 11) is -3.15. The fourth-order valence-electron chi connectivity index (χ4n) is 3.73. The lowest BCUT2D eigenvalue weighted by atomic mass is 9.98. The second kappa shape index (κ2) is 7.94. The van der Waals surface area contributed by atoms with Crippen LogP contribution in [0.25, 0.3) is 11.0 Å². The van der Waals surface area contributed by atoms with E-state index in [2.05, 4.69) is 0 Å². The topological polar surface area (TPSA) is 84.7 Å². The first-order valence-corrected chi connectivity index (χ1v) is 11.6. The molecule has 0 N–H and O–H groups in total. The fourth-order valence-corrected chi connectivity index (χ4v) is 5.19. The zero-order valence-corrected chi connectivity index (χ0v) is 18.3. The molecule has 0 bridgehead atoms. The monoisotopic (exact) mass is 419 g/mol. The van der Waals surface area contributed by atoms with Gasteiger partial charge in [0.15, 0.2) is 9.84 Å². The van der Waals surface area contributed by atoms with E-state index in [-0.39, 0.29) is 29.6 Å². The van der Waals surface area contributed by atoms with Crippen molar-refractivity contribution in [2.24, 2.45) is 5.92 Å². The molecule has 1 saturated heterocycles. The molecular weight excluding hydrogens is 390 g/mol. The van der Waals surface area contributed by atoms with Gasteiger partial charge in [-0.2, -0.15) is 0 Å². The summed E-state index contributed by atoms with van der Waals surface area (Å²) in [6.45, 7) is 8.24. The molecule has 1 aromatic heterocycles. The Balaban J connectivity index is 1.62. The summed E-state index contributed by atoms with van der Waals surface area (Å²) in [4.78, 5) is 26.0. The van der Waals surface area contributed by atoms with Crippen molar-refractivity contribution in [2.75, 3.05) is 18.8 Å². The Morgan fingerprint density at radius 3 is 2.45 bits per heavy atom. The van der Waals surface area contributed by atoms with Gasteiger partial charge in [0.05, 0.1) is 16.9 Å². The highest BCUT2D eigenvalue weighted by Crippen LogP contribution is 2.26. The van der Waals surface area contributed by atoms with E-state index in [0.717, 1.165) is 16.5 Å². The summed E-state index contributed by atoms with van der Waals surface area (Å²) in [5, 5.41) is 0.804. The SMILES string of the molecule is Cc1cc(CC(=O)N2CCC(CS(=O)(=O)C(C)(C)C)CC2)cc2ccc(=O)oc12. The van der Waals surface area contributed by atoms with Crippen LogP contribution in [-0.2, 0) is 21.1 Å². The third-order valence-electron chi connectivity index (χ3n) is 5.68. The molecule has 2 aromatic rings. The van der Waals surface area contributed by atoms with Gasteiger partial charge in [0.2, 0.25) is 5.91 Å². The maximum atomic E-state index is 12.8. The van der Waals surface area contributed by atoms with Crippen molar-refractivity contribution in [3.05, 3.63) is 45.8 Å². The first-order valence-electron chi connectivity index (χ1n) is 10.00. The van der Waals surface area contributed by atoms with Crippen molar-refractivity contribution >= 4 is 26.7 Å². The number of hydrogen-bond acceptors (Lipinski definition) is 5. The van der Waals surface area contributed by atoms with E-state index in [1.165, 1.54) is 6.07 Å². The van der Waals surface area contributed by atoms with Gasteiger partial charge < -0.3 is 9.32 Å². The minimum Gasteiger partial charge on any atom is -0.422 e. The Kier molecular flexibility index (Phi) is 5.90. The lowest BCUT2D eigenvalue weighted by molar-refractivity contribution is -0.131. The Hall–Kier alpha value is -2.15. The van der Waals surface area contributed by atoms with Gasteiger partial charge in [-0.25, -0.2) is 13.2 Å². The number of benzene rings is 1. The molecule has 158 valence electrons. The Labute approximate surface area is 171 Å². The molecule has 1 fully saturated rings. The standard InChI is InChI=1S/C22H29NO5S/c1-15-11-17(12-18-5-6-20(25)28-21(15)18)13-19(24)23-9-7-16(8-10-23)14-29(26,27)22(2,3)4/h5-6,11-12,16H,7-10,13-14H2,1-4H3. The predicted molar refractivity (Wildman–Crippen MR) is 114 cm³/mol. The Morgan fingerprint density at radius 1 is 1.17 bits per heavy atom. The van der Waals surface area contributed by atoms with Crippen LogP contribution in [0, 0.1) is 12.8 Å². The normalized spacial score (nSPS) is 16.3. The minimum atomic E-state index is -3.15. The first kappa shape index (κ1) is 21.6. The van der Waals surface area contributed by atoms with Crippen LogP contribution in [0.2, 0.25) is 0 Å². The van der Waals surface area contributed by atoms with Crippen molar-refractivity contribution < 1.29 is 17.6 Å². The lowest BCUT2D eigenvalue weighted by Crippen LogP contribution is -2.42. The number of likely N-dealkylation sites (tertiary alicyclic amines) is 1. The molecule has 0 aliphatic carbocycles. The van der Waals surface area contributed by atoms with Crippen LogP contribution in [0.1, 0.15) is 44.7 Å². The summed E-state index contributed by atoms with van der Waals surface area (Å²) >= 11 is 0. The zero-order valence-electron chi connectivity index (χ0n) is 17.5. The molecule has 0 unspecified atom stereocenters. The van der Waals surface area contributed by atoms with Gasteiger partial charge in [0, 0.05) is 24.5 Å². The van der Waals surface area contributed by atoms with Gasteiger partial charge in [0.25, 0.3) is 0 Å². The number of nitrogens with zero attached hydrogens (tertiary/aromatic N) is 1. The van der Waals surface area contributed by atoms with Crippen LogP contribution in [-0.4, -0.2) is 42.8 Å². The molecule has 3 rings (SSSR count). The summed E-state index contributed by atoms with van der Waals surface area (Å²) < 4.78 is 29.4. The second-order valence-corrected chi connectivity index (χ2v) is 11.8. The smallest absolute Gasteiger partial charge is 0.336 e. The van der Waals surface area contributed by atoms with E-state index < -0.39 is 14.6 Å². The Bertz CT molecular complexity index is 1070. The summed E-state index contributed by atoms with van der Waals surface area (Å²) in [5.41, 5.74) is 1.87. The summed E-state index contributed by atoms with van der Waals surface area (Å²) in [6.07, 6.45) is 1.70. The molecule has 0 atom stereocenters. The third kappa shape index (κ3) is 4.89. The predicted octanol–water partition coefficient (Wildman–Crippen LogP) is 3.10. The number of carbonyl (C=O) groups is 1. The van der Waals surface area contributed by atoms with Crippen molar-refractivity contribution in [2.45, 2.75) is 51.7 Å². The van der Waals surface area contributed by atoms with Crippen molar-refractivity contribution in [1.29, 1.82) is 0 Å². The average Bonchev–Trinajstić information content (AvgIpc) is 2.62. The van der Waals surface area contributed by atoms with Gasteiger partial charge >= 0.3 is 5.63 Å². The van der Waals surface area contributed by atoms with Crippen LogP contribution < -0.4 is 5.63 Å². The summed E-state index contributed by atoms with van der Waals surface area (Å²) in [5.74, 6) is 0.334. The number of sulfone groups is 1. The van der Waals surface area contributed by atoms with Gasteiger partial charge in [0.1, 0.15) is 5.58 Å². The van der Waals surface area contributed by atoms with E-state index >= 15 is 0 Å². The lowest BCUT2D eigenvalue weighted by Gasteiger charge is -2.33. The number of rotatable bonds is 4. The number of carbonyl (C=O) groups excluding carboxylic acids is 1. The van der Waals surface area contributed by atoms with E-state index in [0.29, 0.717) is 31.5 Å². The number of amides is 1. The molecule has 6 nitrogen and oxygen atoms in total. The average molecular weight is 420 g/mol.